The summed E-state index contributed by atoms with van der Waals surface area (Å²) in [6.45, 7) is 4.62. The van der Waals surface area contributed by atoms with E-state index in [0.29, 0.717) is 19.6 Å². The molecule has 2 aromatic rings. The maximum atomic E-state index is 11.1. The number of aromatic nitrogens is 1. The van der Waals surface area contributed by atoms with E-state index in [1.165, 1.54) is 0 Å². The topological polar surface area (TPSA) is 74.4 Å². The Morgan fingerprint density at radius 2 is 2.40 bits per heavy atom. The molecule has 1 aromatic heterocycles. The lowest BCUT2D eigenvalue weighted by atomic mass is 9.98. The van der Waals surface area contributed by atoms with Gasteiger partial charge in [-0.05, 0) is 23.8 Å². The Hall–Kier alpha value is -2.27. The molecule has 5 nitrogen and oxygen atoms in total. The molecule has 0 aliphatic carbocycles. The molecule has 1 aliphatic heterocycles. The first-order valence-electron chi connectivity index (χ1n) is 6.52. The van der Waals surface area contributed by atoms with Crippen LogP contribution in [-0.4, -0.2) is 28.7 Å². The highest BCUT2D eigenvalue weighted by Crippen LogP contribution is 2.29. The van der Waals surface area contributed by atoms with E-state index in [1.807, 2.05) is 18.2 Å². The summed E-state index contributed by atoms with van der Waals surface area (Å²) in [6.07, 6.45) is 2.18. The van der Waals surface area contributed by atoms with Crippen molar-refractivity contribution < 1.29 is 14.6 Å². The van der Waals surface area contributed by atoms with Gasteiger partial charge in [-0.25, -0.2) is 0 Å². The molecule has 20 heavy (non-hydrogen) atoms. The number of benzene rings is 1. The second kappa shape index (κ2) is 5.02. The van der Waals surface area contributed by atoms with Crippen LogP contribution in [0.25, 0.3) is 10.9 Å². The van der Waals surface area contributed by atoms with Crippen molar-refractivity contribution in [3.05, 3.63) is 42.1 Å². The highest BCUT2D eigenvalue weighted by atomic mass is 16.5. The standard InChI is InChI=1S/C15H16N2O3/c1-2-5-20-9-3-4-12-10(6-9)11-7-13(15(18)19)16-8-14(11)17-12/h2-4,6,13,16-17H,1,5,7-8H2,(H,18,19). The lowest BCUT2D eigenvalue weighted by Gasteiger charge is -2.20. The van der Waals surface area contributed by atoms with Crippen molar-refractivity contribution in [1.82, 2.24) is 10.3 Å². The minimum absolute atomic E-state index is 0.456. The quantitative estimate of drug-likeness (QED) is 0.742. The Morgan fingerprint density at radius 3 is 3.15 bits per heavy atom. The fraction of sp³-hybridized carbons (Fsp3) is 0.267. The van der Waals surface area contributed by atoms with Gasteiger partial charge < -0.3 is 14.8 Å². The summed E-state index contributed by atoms with van der Waals surface area (Å²) in [5.41, 5.74) is 3.13. The number of ether oxygens (including phenoxy) is 1. The lowest BCUT2D eigenvalue weighted by molar-refractivity contribution is -0.139. The van der Waals surface area contributed by atoms with Gasteiger partial charge in [-0.1, -0.05) is 12.7 Å². The summed E-state index contributed by atoms with van der Waals surface area (Å²) in [5.74, 6) is -0.0475. The maximum Gasteiger partial charge on any atom is 0.321 e. The number of carbonyl (C=O) groups is 1. The van der Waals surface area contributed by atoms with E-state index in [0.717, 1.165) is 27.9 Å². The van der Waals surface area contributed by atoms with Gasteiger partial charge in [0, 0.05) is 29.6 Å². The molecule has 0 saturated carbocycles. The second-order valence-electron chi connectivity index (χ2n) is 4.87. The molecule has 3 N–H and O–H groups in total. The zero-order valence-electron chi connectivity index (χ0n) is 11.0. The van der Waals surface area contributed by atoms with E-state index in [4.69, 9.17) is 9.84 Å². The van der Waals surface area contributed by atoms with Crippen LogP contribution in [0.3, 0.4) is 0 Å². The van der Waals surface area contributed by atoms with Gasteiger partial charge in [0.1, 0.15) is 18.4 Å². The van der Waals surface area contributed by atoms with Crippen LogP contribution < -0.4 is 10.1 Å². The van der Waals surface area contributed by atoms with E-state index in [1.54, 1.807) is 6.08 Å². The Balaban J connectivity index is 2.00. The van der Waals surface area contributed by atoms with Crippen LogP contribution in [0.15, 0.2) is 30.9 Å². The van der Waals surface area contributed by atoms with Gasteiger partial charge in [0.15, 0.2) is 0 Å². The number of hydrogen-bond donors (Lipinski definition) is 3. The van der Waals surface area contributed by atoms with E-state index < -0.39 is 12.0 Å². The van der Waals surface area contributed by atoms with Crippen LogP contribution in [0.4, 0.5) is 0 Å². The third kappa shape index (κ3) is 2.16. The maximum absolute atomic E-state index is 11.1. The van der Waals surface area contributed by atoms with Gasteiger partial charge in [0.2, 0.25) is 0 Å². The summed E-state index contributed by atoms with van der Waals surface area (Å²) in [4.78, 5) is 14.4. The largest absolute Gasteiger partial charge is 0.490 e. The highest BCUT2D eigenvalue weighted by Gasteiger charge is 2.26. The number of aliphatic carboxylic acids is 1. The van der Waals surface area contributed by atoms with Crippen molar-refractivity contribution in [2.75, 3.05) is 6.61 Å². The molecular weight excluding hydrogens is 256 g/mol. The summed E-state index contributed by atoms with van der Waals surface area (Å²) >= 11 is 0. The summed E-state index contributed by atoms with van der Waals surface area (Å²) in [6, 6.07) is 5.29. The van der Waals surface area contributed by atoms with Gasteiger partial charge in [-0.15, -0.1) is 0 Å². The van der Waals surface area contributed by atoms with Crippen molar-refractivity contribution in [1.29, 1.82) is 0 Å². The van der Waals surface area contributed by atoms with Crippen molar-refractivity contribution >= 4 is 16.9 Å². The Kier molecular flexibility index (Phi) is 3.20. The third-order valence-corrected chi connectivity index (χ3v) is 3.57. The van der Waals surface area contributed by atoms with E-state index in [-0.39, 0.29) is 0 Å². The molecule has 2 heterocycles. The molecule has 0 saturated heterocycles. The Bertz CT molecular complexity index is 675. The van der Waals surface area contributed by atoms with Crippen LogP contribution in [0.1, 0.15) is 11.3 Å². The fourth-order valence-electron chi connectivity index (χ4n) is 2.59. The van der Waals surface area contributed by atoms with Gasteiger partial charge in [0.05, 0.1) is 0 Å². The molecule has 1 atom stereocenters. The molecular formula is C15H16N2O3. The highest BCUT2D eigenvalue weighted by molar-refractivity contribution is 5.87. The molecule has 0 amide bonds. The van der Waals surface area contributed by atoms with Crippen LogP contribution in [0.2, 0.25) is 0 Å². The Morgan fingerprint density at radius 1 is 1.55 bits per heavy atom. The Labute approximate surface area is 116 Å². The molecule has 0 fully saturated rings. The molecule has 0 radical (unpaired) electrons. The second-order valence-corrected chi connectivity index (χ2v) is 4.87. The van der Waals surface area contributed by atoms with Crippen LogP contribution >= 0.6 is 0 Å². The van der Waals surface area contributed by atoms with Crippen molar-refractivity contribution in [2.45, 2.75) is 19.0 Å². The average molecular weight is 272 g/mol. The first-order chi connectivity index (χ1) is 9.69. The van der Waals surface area contributed by atoms with Gasteiger partial charge in [-0.3, -0.25) is 10.1 Å². The van der Waals surface area contributed by atoms with Crippen LogP contribution in [-0.2, 0) is 17.8 Å². The molecule has 0 bridgehead atoms. The normalized spacial score (nSPS) is 17.7. The van der Waals surface area contributed by atoms with E-state index in [2.05, 4.69) is 16.9 Å². The average Bonchev–Trinajstić information content (AvgIpc) is 2.82. The first kappa shape index (κ1) is 12.7. The molecule has 104 valence electrons. The molecule has 5 heteroatoms. The molecule has 1 aliphatic rings. The van der Waals surface area contributed by atoms with E-state index in [9.17, 15) is 4.79 Å². The lowest BCUT2D eigenvalue weighted by Crippen LogP contribution is -2.41. The minimum atomic E-state index is -0.816. The minimum Gasteiger partial charge on any atom is -0.490 e. The SMILES string of the molecule is C=CCOc1ccc2[nH]c3c(c2c1)CC(C(=O)O)NC3. The number of carboxylic acid groups (broad SMARTS) is 1. The number of hydrogen-bond acceptors (Lipinski definition) is 3. The predicted molar refractivity (Wildman–Crippen MR) is 76.0 cm³/mol. The number of nitrogens with one attached hydrogen (secondary N) is 2. The van der Waals surface area contributed by atoms with Gasteiger partial charge in [-0.2, -0.15) is 0 Å². The van der Waals surface area contributed by atoms with Crippen molar-refractivity contribution in [3.63, 3.8) is 0 Å². The van der Waals surface area contributed by atoms with Crippen LogP contribution in [0, 0.1) is 0 Å². The fourth-order valence-corrected chi connectivity index (χ4v) is 2.59. The summed E-state index contributed by atoms with van der Waals surface area (Å²) < 4.78 is 5.53. The smallest absolute Gasteiger partial charge is 0.321 e. The number of fused-ring (bicyclic) bond motifs is 3. The molecule has 1 unspecified atom stereocenters. The molecule has 1 aromatic carbocycles. The third-order valence-electron chi connectivity index (χ3n) is 3.57. The van der Waals surface area contributed by atoms with E-state index >= 15 is 0 Å². The first-order valence-corrected chi connectivity index (χ1v) is 6.52. The summed E-state index contributed by atoms with van der Waals surface area (Å²) in [7, 11) is 0. The summed E-state index contributed by atoms with van der Waals surface area (Å²) in [5, 5.41) is 13.2. The predicted octanol–water partition coefficient (Wildman–Crippen LogP) is 1.83. The van der Waals surface area contributed by atoms with Crippen LogP contribution in [0.5, 0.6) is 5.75 Å². The van der Waals surface area contributed by atoms with Gasteiger partial charge >= 0.3 is 5.97 Å². The number of H-pyrrole nitrogens is 1. The number of carboxylic acids is 1. The van der Waals surface area contributed by atoms with Crippen molar-refractivity contribution in [3.8, 4) is 5.75 Å². The number of aromatic amines is 1. The van der Waals surface area contributed by atoms with Crippen molar-refractivity contribution in [2.24, 2.45) is 0 Å². The van der Waals surface area contributed by atoms with Gasteiger partial charge in [0.25, 0.3) is 0 Å². The molecule has 0 spiro atoms. The molecule has 3 rings (SSSR count). The monoisotopic (exact) mass is 272 g/mol. The zero-order chi connectivity index (χ0) is 14.1. The number of rotatable bonds is 4. The zero-order valence-corrected chi connectivity index (χ0v) is 11.0.